The van der Waals surface area contributed by atoms with Crippen molar-refractivity contribution in [2.75, 3.05) is 26.0 Å². The molecule has 196 valence electrons. The summed E-state index contributed by atoms with van der Waals surface area (Å²) < 4.78 is 1.60. The van der Waals surface area contributed by atoms with E-state index in [1.807, 2.05) is 36.4 Å². The van der Waals surface area contributed by atoms with E-state index in [4.69, 9.17) is 0 Å². The zero-order chi connectivity index (χ0) is 27.1. The molecule has 2 aromatic carbocycles. The summed E-state index contributed by atoms with van der Waals surface area (Å²) in [4.78, 5) is 31.3. The minimum absolute atomic E-state index is 0.0364. The molecule has 0 spiro atoms. The molecule has 2 atom stereocenters. The number of carbonyl (C=O) groups is 2. The van der Waals surface area contributed by atoms with Crippen molar-refractivity contribution in [3.8, 4) is 11.1 Å². The highest BCUT2D eigenvalue weighted by molar-refractivity contribution is 5.95. The molecule has 0 unspecified atom stereocenters. The van der Waals surface area contributed by atoms with E-state index < -0.39 is 6.04 Å². The first-order valence-corrected chi connectivity index (χ1v) is 12.6. The van der Waals surface area contributed by atoms with Crippen LogP contribution in [0.2, 0.25) is 0 Å². The Kier molecular flexibility index (Phi) is 8.66. The summed E-state index contributed by atoms with van der Waals surface area (Å²) in [6, 6.07) is 21.3. The number of likely N-dealkylation sites (N-methyl/N-ethyl adjacent to an activating group) is 1. The second-order valence-corrected chi connectivity index (χ2v) is 9.70. The van der Waals surface area contributed by atoms with Gasteiger partial charge in [0, 0.05) is 44.2 Å². The van der Waals surface area contributed by atoms with Crippen molar-refractivity contribution in [2.45, 2.75) is 32.4 Å². The van der Waals surface area contributed by atoms with Crippen LogP contribution in [-0.2, 0) is 16.1 Å². The van der Waals surface area contributed by atoms with Crippen LogP contribution in [-0.4, -0.2) is 52.1 Å². The lowest BCUT2D eigenvalue weighted by molar-refractivity contribution is -0.129. The van der Waals surface area contributed by atoms with Crippen LogP contribution >= 0.6 is 0 Å². The predicted molar refractivity (Wildman–Crippen MR) is 150 cm³/mol. The van der Waals surface area contributed by atoms with Crippen LogP contribution in [0, 0.1) is 6.92 Å². The van der Waals surface area contributed by atoms with Gasteiger partial charge in [0.15, 0.2) is 0 Å². The first-order chi connectivity index (χ1) is 18.3. The van der Waals surface area contributed by atoms with Crippen molar-refractivity contribution >= 4 is 17.6 Å². The van der Waals surface area contributed by atoms with Gasteiger partial charge in [0.25, 0.3) is 0 Å². The molecule has 2 aromatic heterocycles. The molecular formula is C30H34N6O2. The average Bonchev–Trinajstić information content (AvgIpc) is 3.38. The molecule has 2 heterocycles. The van der Waals surface area contributed by atoms with Crippen LogP contribution in [0.4, 0.5) is 5.82 Å². The molecule has 0 saturated heterocycles. The highest BCUT2D eigenvalue weighted by atomic mass is 16.2. The maximum atomic E-state index is 13.4. The van der Waals surface area contributed by atoms with Crippen molar-refractivity contribution in [2.24, 2.45) is 0 Å². The molecule has 4 rings (SSSR count). The molecule has 4 aromatic rings. The number of carbonyl (C=O) groups excluding carboxylic acids is 2. The number of amides is 2. The van der Waals surface area contributed by atoms with Gasteiger partial charge in [-0.2, -0.15) is 5.10 Å². The Hall–Kier alpha value is -4.30. The second-order valence-electron chi connectivity index (χ2n) is 9.70. The number of pyridine rings is 1. The van der Waals surface area contributed by atoms with Crippen LogP contribution in [0.1, 0.15) is 35.6 Å². The van der Waals surface area contributed by atoms with E-state index in [1.165, 1.54) is 16.0 Å². The first kappa shape index (κ1) is 26.8. The zero-order valence-corrected chi connectivity index (χ0v) is 22.3. The lowest BCUT2D eigenvalue weighted by Gasteiger charge is -2.21. The minimum Gasteiger partial charge on any atom is -0.347 e. The topological polar surface area (TPSA) is 92.2 Å². The van der Waals surface area contributed by atoms with Gasteiger partial charge < -0.3 is 15.5 Å². The van der Waals surface area contributed by atoms with Gasteiger partial charge in [-0.25, -0.2) is 4.98 Å². The maximum Gasteiger partial charge on any atom is 0.247 e. The Bertz CT molecular complexity index is 1350. The zero-order valence-electron chi connectivity index (χ0n) is 22.3. The third-order valence-electron chi connectivity index (χ3n) is 6.45. The fourth-order valence-electron chi connectivity index (χ4n) is 4.03. The fourth-order valence-corrected chi connectivity index (χ4v) is 4.03. The van der Waals surface area contributed by atoms with E-state index in [9.17, 15) is 9.59 Å². The van der Waals surface area contributed by atoms with Crippen molar-refractivity contribution in [1.29, 1.82) is 0 Å². The Balaban J connectivity index is 1.42. The maximum absolute atomic E-state index is 13.4. The van der Waals surface area contributed by atoms with E-state index >= 15 is 0 Å². The first-order valence-electron chi connectivity index (χ1n) is 12.6. The summed E-state index contributed by atoms with van der Waals surface area (Å²) >= 11 is 0. The SMILES string of the molecule is Cc1ccc([C@H](C)CN[C@H](C(=O)Nc2ccc(-c3cnn(CC(=O)N(C)C)c3)cn2)c2ccccc2)cc1. The van der Waals surface area contributed by atoms with Gasteiger partial charge >= 0.3 is 0 Å². The number of hydrogen-bond donors (Lipinski definition) is 2. The molecule has 0 saturated carbocycles. The summed E-state index contributed by atoms with van der Waals surface area (Å²) in [6.07, 6.45) is 5.19. The molecule has 0 aliphatic carbocycles. The van der Waals surface area contributed by atoms with Crippen molar-refractivity contribution in [1.82, 2.24) is 25.0 Å². The van der Waals surface area contributed by atoms with E-state index in [1.54, 1.807) is 43.4 Å². The number of nitrogens with zero attached hydrogens (tertiary/aromatic N) is 4. The lowest BCUT2D eigenvalue weighted by atomic mass is 9.98. The standard InChI is InChI=1S/C30H34N6O2/c1-21-10-12-23(13-11-21)22(2)16-32-29(24-8-6-5-7-9-24)30(38)34-27-15-14-25(17-31-27)26-18-33-36(19-26)20-28(37)35(3)4/h5-15,17-19,22,29,32H,16,20H2,1-4H3,(H,31,34,38)/t22-,29+/m1/s1. The van der Waals surface area contributed by atoms with Crippen LogP contribution in [0.15, 0.2) is 85.3 Å². The van der Waals surface area contributed by atoms with Gasteiger partial charge in [-0.3, -0.25) is 14.3 Å². The van der Waals surface area contributed by atoms with Gasteiger partial charge in [-0.05, 0) is 36.1 Å². The third kappa shape index (κ3) is 6.92. The Morgan fingerprint density at radius 3 is 2.32 bits per heavy atom. The van der Waals surface area contributed by atoms with E-state index in [0.29, 0.717) is 12.4 Å². The van der Waals surface area contributed by atoms with Gasteiger partial charge in [-0.15, -0.1) is 0 Å². The van der Waals surface area contributed by atoms with Crippen LogP contribution in [0.5, 0.6) is 0 Å². The second kappa shape index (κ2) is 12.3. The third-order valence-corrected chi connectivity index (χ3v) is 6.45. The Labute approximate surface area is 223 Å². The molecule has 2 amide bonds. The van der Waals surface area contributed by atoms with Gasteiger partial charge in [-0.1, -0.05) is 67.1 Å². The van der Waals surface area contributed by atoms with E-state index in [-0.39, 0.29) is 24.3 Å². The minimum atomic E-state index is -0.530. The summed E-state index contributed by atoms with van der Waals surface area (Å²) in [5.74, 6) is 0.484. The van der Waals surface area contributed by atoms with Crippen LogP contribution < -0.4 is 10.6 Å². The molecule has 0 aliphatic heterocycles. The number of aryl methyl sites for hydroxylation is 1. The molecule has 2 N–H and O–H groups in total. The number of aromatic nitrogens is 3. The summed E-state index contributed by atoms with van der Waals surface area (Å²) in [5, 5.41) is 10.7. The van der Waals surface area contributed by atoms with Crippen LogP contribution in [0.3, 0.4) is 0 Å². The highest BCUT2D eigenvalue weighted by Crippen LogP contribution is 2.22. The molecule has 8 heteroatoms. The molecule has 0 aliphatic rings. The van der Waals surface area contributed by atoms with Crippen molar-refractivity contribution in [3.05, 3.63) is 102 Å². The summed E-state index contributed by atoms with van der Waals surface area (Å²) in [5.41, 5.74) is 5.02. The molecule has 0 bridgehead atoms. The molecule has 0 fully saturated rings. The molecule has 38 heavy (non-hydrogen) atoms. The van der Waals surface area contributed by atoms with Crippen molar-refractivity contribution in [3.63, 3.8) is 0 Å². The number of hydrogen-bond acceptors (Lipinski definition) is 5. The molecule has 8 nitrogen and oxygen atoms in total. The molecular weight excluding hydrogens is 476 g/mol. The van der Waals surface area contributed by atoms with Crippen molar-refractivity contribution < 1.29 is 9.59 Å². The van der Waals surface area contributed by atoms with E-state index in [0.717, 1.165) is 16.7 Å². The smallest absolute Gasteiger partial charge is 0.247 e. The normalized spacial score (nSPS) is 12.5. The predicted octanol–water partition coefficient (Wildman–Crippen LogP) is 4.41. The largest absolute Gasteiger partial charge is 0.347 e. The van der Waals surface area contributed by atoms with Crippen LogP contribution in [0.25, 0.3) is 11.1 Å². The lowest BCUT2D eigenvalue weighted by Crippen LogP contribution is -2.35. The van der Waals surface area contributed by atoms with Gasteiger partial charge in [0.2, 0.25) is 11.8 Å². The quantitative estimate of drug-likeness (QED) is 0.330. The fraction of sp³-hybridized carbons (Fsp3) is 0.267. The summed E-state index contributed by atoms with van der Waals surface area (Å²) in [7, 11) is 3.43. The molecule has 0 radical (unpaired) electrons. The number of nitrogens with one attached hydrogen (secondary N) is 2. The Morgan fingerprint density at radius 2 is 1.66 bits per heavy atom. The highest BCUT2D eigenvalue weighted by Gasteiger charge is 2.22. The average molecular weight is 511 g/mol. The van der Waals surface area contributed by atoms with E-state index in [2.05, 4.69) is 58.8 Å². The number of rotatable bonds is 10. The van der Waals surface area contributed by atoms with Gasteiger partial charge in [0.05, 0.1) is 6.20 Å². The Morgan fingerprint density at radius 1 is 0.921 bits per heavy atom. The summed E-state index contributed by atoms with van der Waals surface area (Å²) in [6.45, 7) is 5.04. The number of benzene rings is 2. The number of anilines is 1. The monoisotopic (exact) mass is 510 g/mol. The van der Waals surface area contributed by atoms with Gasteiger partial charge in [0.1, 0.15) is 18.4 Å².